The molecule has 0 atom stereocenters. The standard InChI is InChI=1S/C10H21N3O2/c1-11-10(15)9-13-4-2-3-12(5-6-13)7-8-14/h14H,2-9H2,1H3,(H,11,15). The summed E-state index contributed by atoms with van der Waals surface area (Å²) in [4.78, 5) is 15.6. The molecule has 2 N–H and O–H groups in total. The zero-order valence-corrected chi connectivity index (χ0v) is 9.41. The summed E-state index contributed by atoms with van der Waals surface area (Å²) < 4.78 is 0. The molecule has 0 aliphatic carbocycles. The quantitative estimate of drug-likeness (QED) is 0.614. The lowest BCUT2D eigenvalue weighted by Gasteiger charge is -2.20. The second-order valence-corrected chi connectivity index (χ2v) is 3.87. The third kappa shape index (κ3) is 4.59. The first-order valence-corrected chi connectivity index (χ1v) is 5.52. The topological polar surface area (TPSA) is 55.8 Å². The van der Waals surface area contributed by atoms with Crippen LogP contribution in [0.4, 0.5) is 0 Å². The van der Waals surface area contributed by atoms with E-state index in [1.807, 2.05) is 0 Å². The molecular weight excluding hydrogens is 194 g/mol. The maximum atomic E-state index is 11.2. The lowest BCUT2D eigenvalue weighted by atomic mass is 10.4. The average Bonchev–Trinajstić information content (AvgIpc) is 2.45. The van der Waals surface area contributed by atoms with Crippen molar-refractivity contribution in [2.45, 2.75) is 6.42 Å². The molecule has 0 unspecified atom stereocenters. The fraction of sp³-hybridized carbons (Fsp3) is 0.900. The van der Waals surface area contributed by atoms with Crippen LogP contribution >= 0.6 is 0 Å². The van der Waals surface area contributed by atoms with Gasteiger partial charge in [0.25, 0.3) is 0 Å². The Morgan fingerprint density at radius 3 is 2.60 bits per heavy atom. The van der Waals surface area contributed by atoms with Crippen molar-refractivity contribution >= 4 is 5.91 Å². The highest BCUT2D eigenvalue weighted by Crippen LogP contribution is 2.01. The molecule has 0 bridgehead atoms. The van der Waals surface area contributed by atoms with Gasteiger partial charge in [-0.2, -0.15) is 0 Å². The van der Waals surface area contributed by atoms with Crippen LogP contribution in [-0.4, -0.2) is 73.7 Å². The van der Waals surface area contributed by atoms with Gasteiger partial charge in [0, 0.05) is 26.7 Å². The minimum absolute atomic E-state index is 0.0746. The molecular formula is C10H21N3O2. The molecule has 0 aromatic rings. The van der Waals surface area contributed by atoms with E-state index in [1.165, 1.54) is 0 Å². The minimum Gasteiger partial charge on any atom is -0.395 e. The number of carbonyl (C=O) groups excluding carboxylic acids is 1. The summed E-state index contributed by atoms with van der Waals surface area (Å²) in [5.74, 6) is 0.0746. The van der Waals surface area contributed by atoms with Crippen LogP contribution in [0.3, 0.4) is 0 Å². The van der Waals surface area contributed by atoms with Gasteiger partial charge in [0.05, 0.1) is 13.2 Å². The third-order valence-corrected chi connectivity index (χ3v) is 2.74. The average molecular weight is 215 g/mol. The largest absolute Gasteiger partial charge is 0.395 e. The number of likely N-dealkylation sites (N-methyl/N-ethyl adjacent to an activating group) is 1. The molecule has 0 radical (unpaired) electrons. The van der Waals surface area contributed by atoms with Crippen molar-refractivity contribution in [3.63, 3.8) is 0 Å². The Balaban J connectivity index is 2.29. The van der Waals surface area contributed by atoms with Gasteiger partial charge in [-0.15, -0.1) is 0 Å². The first kappa shape index (κ1) is 12.4. The van der Waals surface area contributed by atoms with Gasteiger partial charge in [-0.25, -0.2) is 0 Å². The molecule has 0 saturated carbocycles. The molecule has 5 nitrogen and oxygen atoms in total. The normalized spacial score (nSPS) is 19.9. The smallest absolute Gasteiger partial charge is 0.233 e. The number of nitrogens with zero attached hydrogens (tertiary/aromatic N) is 2. The summed E-state index contributed by atoms with van der Waals surface area (Å²) in [5, 5.41) is 11.5. The Hall–Kier alpha value is -0.650. The van der Waals surface area contributed by atoms with Crippen LogP contribution in [0.25, 0.3) is 0 Å². The van der Waals surface area contributed by atoms with E-state index >= 15 is 0 Å². The van der Waals surface area contributed by atoms with Crippen LogP contribution < -0.4 is 5.32 Å². The number of rotatable bonds is 4. The maximum absolute atomic E-state index is 11.2. The minimum atomic E-state index is 0.0746. The second kappa shape index (κ2) is 6.76. The SMILES string of the molecule is CNC(=O)CN1CCCN(CCO)CC1. The highest BCUT2D eigenvalue weighted by molar-refractivity contribution is 5.77. The van der Waals surface area contributed by atoms with Crippen molar-refractivity contribution in [2.75, 3.05) is 52.9 Å². The lowest BCUT2D eigenvalue weighted by Crippen LogP contribution is -2.38. The molecule has 1 aliphatic heterocycles. The van der Waals surface area contributed by atoms with Gasteiger partial charge in [0.2, 0.25) is 5.91 Å². The van der Waals surface area contributed by atoms with E-state index in [-0.39, 0.29) is 12.5 Å². The van der Waals surface area contributed by atoms with Gasteiger partial charge in [0.1, 0.15) is 0 Å². The number of hydrogen-bond acceptors (Lipinski definition) is 4. The number of carbonyl (C=O) groups is 1. The zero-order chi connectivity index (χ0) is 11.1. The first-order valence-electron chi connectivity index (χ1n) is 5.52. The van der Waals surface area contributed by atoms with Crippen molar-refractivity contribution in [3.05, 3.63) is 0 Å². The van der Waals surface area contributed by atoms with Crippen molar-refractivity contribution < 1.29 is 9.90 Å². The summed E-state index contributed by atoms with van der Waals surface area (Å²) in [6, 6.07) is 0. The molecule has 5 heteroatoms. The highest BCUT2D eigenvalue weighted by Gasteiger charge is 2.15. The zero-order valence-electron chi connectivity index (χ0n) is 9.41. The number of β-amino-alcohol motifs (C(OH)–C–C–N with tert-alkyl or cyclic N) is 1. The Bertz CT molecular complexity index is 199. The summed E-state index contributed by atoms with van der Waals surface area (Å²) in [6.07, 6.45) is 1.07. The molecule has 1 saturated heterocycles. The van der Waals surface area contributed by atoms with E-state index in [0.29, 0.717) is 6.54 Å². The van der Waals surface area contributed by atoms with Crippen molar-refractivity contribution in [1.29, 1.82) is 0 Å². The molecule has 0 aromatic heterocycles. The molecule has 0 spiro atoms. The lowest BCUT2D eigenvalue weighted by molar-refractivity contribution is -0.121. The summed E-state index contributed by atoms with van der Waals surface area (Å²) in [6.45, 7) is 5.29. The van der Waals surface area contributed by atoms with E-state index in [2.05, 4.69) is 15.1 Å². The van der Waals surface area contributed by atoms with Gasteiger partial charge in [-0.05, 0) is 19.5 Å². The van der Waals surface area contributed by atoms with E-state index in [1.54, 1.807) is 7.05 Å². The number of amides is 1. The highest BCUT2D eigenvalue weighted by atomic mass is 16.3. The third-order valence-electron chi connectivity index (χ3n) is 2.74. The number of hydrogen-bond donors (Lipinski definition) is 2. The molecule has 1 rings (SSSR count). The van der Waals surface area contributed by atoms with Gasteiger partial charge >= 0.3 is 0 Å². The molecule has 1 fully saturated rings. The Morgan fingerprint density at radius 1 is 1.27 bits per heavy atom. The van der Waals surface area contributed by atoms with Crippen LogP contribution in [0.5, 0.6) is 0 Å². The first-order chi connectivity index (χ1) is 7.26. The molecule has 1 heterocycles. The number of nitrogens with one attached hydrogen (secondary N) is 1. The van der Waals surface area contributed by atoms with E-state index in [0.717, 1.165) is 39.1 Å². The summed E-state index contributed by atoms with van der Waals surface area (Å²) in [5.41, 5.74) is 0. The van der Waals surface area contributed by atoms with Crippen LogP contribution in [0.2, 0.25) is 0 Å². The van der Waals surface area contributed by atoms with Gasteiger partial charge in [0.15, 0.2) is 0 Å². The van der Waals surface area contributed by atoms with Crippen molar-refractivity contribution in [3.8, 4) is 0 Å². The molecule has 1 amide bonds. The molecule has 1 aliphatic rings. The fourth-order valence-electron chi connectivity index (χ4n) is 1.83. The monoisotopic (exact) mass is 215 g/mol. The van der Waals surface area contributed by atoms with Gasteiger partial charge in [-0.3, -0.25) is 14.6 Å². The van der Waals surface area contributed by atoms with Crippen LogP contribution in [0.1, 0.15) is 6.42 Å². The van der Waals surface area contributed by atoms with Crippen LogP contribution in [-0.2, 0) is 4.79 Å². The van der Waals surface area contributed by atoms with Crippen LogP contribution in [0, 0.1) is 0 Å². The Kier molecular flexibility index (Phi) is 5.60. The Labute approximate surface area is 91.0 Å². The van der Waals surface area contributed by atoms with Crippen molar-refractivity contribution in [1.82, 2.24) is 15.1 Å². The van der Waals surface area contributed by atoms with Crippen LogP contribution in [0.15, 0.2) is 0 Å². The summed E-state index contributed by atoms with van der Waals surface area (Å²) in [7, 11) is 1.66. The van der Waals surface area contributed by atoms with E-state index in [4.69, 9.17) is 5.11 Å². The predicted molar refractivity (Wildman–Crippen MR) is 58.6 cm³/mol. The van der Waals surface area contributed by atoms with E-state index in [9.17, 15) is 4.79 Å². The summed E-state index contributed by atoms with van der Waals surface area (Å²) >= 11 is 0. The fourth-order valence-corrected chi connectivity index (χ4v) is 1.83. The van der Waals surface area contributed by atoms with Gasteiger partial charge < -0.3 is 10.4 Å². The maximum Gasteiger partial charge on any atom is 0.233 e. The molecule has 15 heavy (non-hydrogen) atoms. The predicted octanol–water partition coefficient (Wildman–Crippen LogP) is -1.27. The Morgan fingerprint density at radius 2 is 1.93 bits per heavy atom. The molecule has 88 valence electrons. The van der Waals surface area contributed by atoms with Gasteiger partial charge in [-0.1, -0.05) is 0 Å². The van der Waals surface area contributed by atoms with E-state index < -0.39 is 0 Å². The number of aliphatic hydroxyl groups is 1. The molecule has 0 aromatic carbocycles. The number of aliphatic hydroxyl groups excluding tert-OH is 1. The second-order valence-electron chi connectivity index (χ2n) is 3.87. The van der Waals surface area contributed by atoms with Crippen molar-refractivity contribution in [2.24, 2.45) is 0 Å².